The number of carbonyl (C=O) groups excluding carboxylic acids is 1. The number of sulfone groups is 1. The van der Waals surface area contributed by atoms with Crippen LogP contribution in [-0.4, -0.2) is 34.4 Å². The Balaban J connectivity index is 1.81. The van der Waals surface area contributed by atoms with Gasteiger partial charge in [-0.1, -0.05) is 18.6 Å². The number of benzene rings is 1. The van der Waals surface area contributed by atoms with Crippen molar-refractivity contribution >= 4 is 21.4 Å². The van der Waals surface area contributed by atoms with Crippen LogP contribution in [0.2, 0.25) is 0 Å². The van der Waals surface area contributed by atoms with Crippen molar-refractivity contribution in [1.82, 2.24) is 14.3 Å². The monoisotopic (exact) mass is 400 g/mol. The van der Waals surface area contributed by atoms with Crippen LogP contribution in [0.3, 0.4) is 0 Å². The van der Waals surface area contributed by atoms with Gasteiger partial charge >= 0.3 is 11.4 Å². The first-order chi connectivity index (χ1) is 12.8. The Hall–Kier alpha value is -2.56. The van der Waals surface area contributed by atoms with Gasteiger partial charge in [-0.3, -0.25) is 9.36 Å². The predicted octanol–water partition coefficient (Wildman–Crippen LogP) is 1.41. The molecule has 0 aliphatic carbocycles. The molecule has 27 heavy (non-hydrogen) atoms. The highest BCUT2D eigenvalue weighted by atomic mass is 32.2. The van der Waals surface area contributed by atoms with E-state index in [1.165, 1.54) is 22.8 Å². The van der Waals surface area contributed by atoms with Crippen molar-refractivity contribution in [1.29, 1.82) is 0 Å². The number of hydrogen-bond donors (Lipinski definition) is 1. The zero-order chi connectivity index (χ0) is 19.6. The molecule has 0 bridgehead atoms. The van der Waals surface area contributed by atoms with Gasteiger partial charge in [0.25, 0.3) is 0 Å². The zero-order valence-electron chi connectivity index (χ0n) is 14.3. The van der Waals surface area contributed by atoms with Crippen molar-refractivity contribution in [2.24, 2.45) is 0 Å². The maximum atomic E-state index is 12.8. The van der Waals surface area contributed by atoms with Crippen molar-refractivity contribution in [3.8, 4) is 0 Å². The Kier molecular flexibility index (Phi) is 5.40. The maximum absolute atomic E-state index is 12.8. The molecule has 1 aromatic carbocycles. The van der Waals surface area contributed by atoms with Crippen LogP contribution >= 0.6 is 0 Å². The van der Waals surface area contributed by atoms with E-state index < -0.39 is 38.6 Å². The fourth-order valence-electron chi connectivity index (χ4n) is 2.97. The number of amides is 1. The summed E-state index contributed by atoms with van der Waals surface area (Å²) in [6.45, 7) is 0.0904. The van der Waals surface area contributed by atoms with E-state index in [9.17, 15) is 26.8 Å². The average molecular weight is 400 g/mol. The summed E-state index contributed by atoms with van der Waals surface area (Å²) >= 11 is 0. The van der Waals surface area contributed by atoms with Crippen molar-refractivity contribution < 1.29 is 22.0 Å². The van der Waals surface area contributed by atoms with Crippen LogP contribution < -0.4 is 11.0 Å². The first kappa shape index (κ1) is 19.2. The summed E-state index contributed by atoms with van der Waals surface area (Å²) in [5, 5.41) is 6.44. The van der Waals surface area contributed by atoms with Gasteiger partial charge in [0.1, 0.15) is 12.4 Å². The van der Waals surface area contributed by atoms with Gasteiger partial charge in [0, 0.05) is 13.0 Å². The summed E-state index contributed by atoms with van der Waals surface area (Å²) in [5.74, 6) is -3.74. The molecular weight excluding hydrogens is 382 g/mol. The predicted molar refractivity (Wildman–Crippen MR) is 92.3 cm³/mol. The molecular formula is C16H18F2N4O4S. The molecule has 0 saturated carbocycles. The Labute approximate surface area is 153 Å². The number of carbonyl (C=O) groups is 1. The van der Waals surface area contributed by atoms with E-state index in [0.29, 0.717) is 18.8 Å². The van der Waals surface area contributed by atoms with Gasteiger partial charge in [-0.05, 0) is 25.0 Å². The van der Waals surface area contributed by atoms with Gasteiger partial charge < -0.3 is 5.32 Å². The summed E-state index contributed by atoms with van der Waals surface area (Å²) in [7, 11) is -4.88. The zero-order valence-corrected chi connectivity index (χ0v) is 15.1. The molecule has 2 heterocycles. The third-order valence-electron chi connectivity index (χ3n) is 4.28. The molecule has 0 saturated heterocycles. The van der Waals surface area contributed by atoms with Gasteiger partial charge in [-0.15, -0.1) is 0 Å². The number of rotatable bonds is 5. The van der Waals surface area contributed by atoms with Crippen LogP contribution in [0.25, 0.3) is 0 Å². The van der Waals surface area contributed by atoms with Gasteiger partial charge in [0.15, 0.2) is 0 Å². The van der Waals surface area contributed by atoms with Gasteiger partial charge in [0.2, 0.25) is 15.7 Å². The highest BCUT2D eigenvalue weighted by Crippen LogP contribution is 2.26. The first-order valence-electron chi connectivity index (χ1n) is 8.38. The van der Waals surface area contributed by atoms with E-state index in [-0.39, 0.29) is 5.69 Å². The molecule has 1 aliphatic rings. The molecule has 0 spiro atoms. The largest absolute Gasteiger partial charge is 0.346 e. The molecule has 1 aliphatic heterocycles. The molecule has 0 unspecified atom stereocenters. The lowest BCUT2D eigenvalue weighted by Crippen LogP contribution is -2.30. The van der Waals surface area contributed by atoms with Crippen molar-refractivity contribution in [3.05, 3.63) is 40.6 Å². The lowest BCUT2D eigenvalue weighted by Gasteiger charge is -2.11. The molecule has 3 rings (SSSR count). The summed E-state index contributed by atoms with van der Waals surface area (Å²) < 4.78 is 51.6. The smallest absolute Gasteiger partial charge is 0.323 e. The normalized spacial score (nSPS) is 14.6. The van der Waals surface area contributed by atoms with Crippen LogP contribution in [-0.2, 0) is 34.1 Å². The van der Waals surface area contributed by atoms with E-state index in [1.807, 2.05) is 0 Å². The second-order valence-electron chi connectivity index (χ2n) is 6.17. The minimum Gasteiger partial charge on any atom is -0.323 e. The van der Waals surface area contributed by atoms with Crippen LogP contribution in [0.5, 0.6) is 0 Å². The fourth-order valence-corrected chi connectivity index (χ4v) is 3.85. The third kappa shape index (κ3) is 3.92. The minimum absolute atomic E-state index is 0.267. The molecule has 1 amide bonds. The lowest BCUT2D eigenvalue weighted by molar-refractivity contribution is -0.117. The van der Waals surface area contributed by atoms with E-state index in [4.69, 9.17) is 0 Å². The summed E-state index contributed by atoms with van der Waals surface area (Å²) in [6.07, 6.45) is 3.39. The maximum Gasteiger partial charge on any atom is 0.346 e. The quantitative estimate of drug-likeness (QED) is 0.817. The van der Waals surface area contributed by atoms with Crippen molar-refractivity contribution in [2.45, 2.75) is 49.4 Å². The number of aromatic nitrogens is 3. The number of nitrogens with one attached hydrogen (secondary N) is 1. The van der Waals surface area contributed by atoms with Crippen molar-refractivity contribution in [2.75, 3.05) is 5.32 Å². The van der Waals surface area contributed by atoms with Crippen molar-refractivity contribution in [3.63, 3.8) is 0 Å². The molecule has 0 fully saturated rings. The minimum atomic E-state index is -4.88. The molecule has 1 N–H and O–H groups in total. The number of fused-ring (bicyclic) bond motifs is 1. The van der Waals surface area contributed by atoms with Crippen LogP contribution in [0.4, 0.5) is 14.5 Å². The average Bonchev–Trinajstić information content (AvgIpc) is 2.78. The topological polar surface area (TPSA) is 103 Å². The number of hydrogen-bond acceptors (Lipinski definition) is 5. The number of nitrogens with zero attached hydrogens (tertiary/aromatic N) is 3. The molecule has 2 aromatic rings. The fraction of sp³-hybridized carbons (Fsp3) is 0.438. The highest BCUT2D eigenvalue weighted by molar-refractivity contribution is 7.91. The molecule has 0 atom stereocenters. The van der Waals surface area contributed by atoms with Gasteiger partial charge in [-0.2, -0.15) is 13.9 Å². The number of anilines is 1. The van der Waals surface area contributed by atoms with Gasteiger partial charge in [0.05, 0.1) is 10.6 Å². The summed E-state index contributed by atoms with van der Waals surface area (Å²) in [5.41, 5.74) is -0.688. The van der Waals surface area contributed by atoms with E-state index >= 15 is 0 Å². The molecule has 11 heteroatoms. The van der Waals surface area contributed by atoms with Crippen LogP contribution in [0, 0.1) is 0 Å². The van der Waals surface area contributed by atoms with Crippen LogP contribution in [0.1, 0.15) is 25.1 Å². The van der Waals surface area contributed by atoms with E-state index in [0.717, 1.165) is 30.0 Å². The van der Waals surface area contributed by atoms with Crippen LogP contribution in [0.15, 0.2) is 34.0 Å². The number of alkyl halides is 2. The lowest BCUT2D eigenvalue weighted by atomic mass is 10.2. The SMILES string of the molecule is O=C(Cn1nc2n(c1=O)CCCCC2)Nc1ccccc1S(=O)(=O)C(F)F. The summed E-state index contributed by atoms with van der Waals surface area (Å²) in [6, 6.07) is 4.88. The Morgan fingerprint density at radius 1 is 1.22 bits per heavy atom. The first-order valence-corrected chi connectivity index (χ1v) is 9.93. The standard InChI is InChI=1S/C16H18F2N4O4S/c17-15(18)27(25,26)12-7-4-3-6-11(12)19-14(23)10-22-16(24)21-9-5-1-2-8-13(21)20-22/h3-4,6-7,15H,1-2,5,8-10H2,(H,19,23). The number of para-hydroxylation sites is 1. The Morgan fingerprint density at radius 3 is 2.70 bits per heavy atom. The second-order valence-corrected chi connectivity index (χ2v) is 8.05. The molecule has 0 radical (unpaired) electrons. The second kappa shape index (κ2) is 7.59. The highest BCUT2D eigenvalue weighted by Gasteiger charge is 2.29. The molecule has 8 nitrogen and oxygen atoms in total. The third-order valence-corrected chi connectivity index (χ3v) is 5.72. The Morgan fingerprint density at radius 2 is 1.96 bits per heavy atom. The molecule has 146 valence electrons. The Bertz CT molecular complexity index is 1010. The number of aryl methyl sites for hydroxylation is 1. The summed E-state index contributed by atoms with van der Waals surface area (Å²) in [4.78, 5) is 23.9. The molecule has 1 aromatic heterocycles. The van der Waals surface area contributed by atoms with Gasteiger partial charge in [-0.25, -0.2) is 17.9 Å². The van der Waals surface area contributed by atoms with E-state index in [2.05, 4.69) is 10.4 Å². The van der Waals surface area contributed by atoms with E-state index in [1.54, 1.807) is 0 Å². The number of halogens is 2.